The zero-order valence-corrected chi connectivity index (χ0v) is 17.1. The monoisotopic (exact) mass is 395 g/mol. The number of hydrogen-bond donors (Lipinski definition) is 2. The van der Waals surface area contributed by atoms with E-state index < -0.39 is 0 Å². The number of hydrogen-bond acceptors (Lipinski definition) is 2. The van der Waals surface area contributed by atoms with Crippen molar-refractivity contribution in [2.24, 2.45) is 0 Å². The van der Waals surface area contributed by atoms with Crippen molar-refractivity contribution in [2.75, 3.05) is 18.4 Å². The van der Waals surface area contributed by atoms with Gasteiger partial charge in [0.2, 0.25) is 0 Å². The molecule has 0 radical (unpaired) electrons. The minimum Gasteiger partial charge on any atom is -0.361 e. The second-order valence-electron chi connectivity index (χ2n) is 7.84. The summed E-state index contributed by atoms with van der Waals surface area (Å²) in [5, 5.41) is 4.64. The molecule has 0 saturated carbocycles. The number of H-pyrrole nitrogens is 1. The molecule has 1 saturated heterocycles. The molecule has 3 aromatic rings. The van der Waals surface area contributed by atoms with Gasteiger partial charge in [0.1, 0.15) is 0 Å². The summed E-state index contributed by atoms with van der Waals surface area (Å²) in [7, 11) is 0. The van der Waals surface area contributed by atoms with Crippen molar-refractivity contribution in [2.45, 2.75) is 38.6 Å². The number of likely N-dealkylation sites (tertiary alicyclic amines) is 1. The van der Waals surface area contributed by atoms with Crippen molar-refractivity contribution < 1.29 is 4.79 Å². The maximum atomic E-state index is 12.6. The molecule has 0 bridgehead atoms. The molecule has 1 aromatic heterocycles. The predicted octanol–water partition coefficient (Wildman–Crippen LogP) is 5.66. The Hall–Kier alpha value is -2.30. The fourth-order valence-electron chi connectivity index (χ4n) is 4.13. The van der Waals surface area contributed by atoms with Crippen LogP contribution in [0.25, 0.3) is 10.9 Å². The minimum absolute atomic E-state index is 0.188. The van der Waals surface area contributed by atoms with E-state index in [0.29, 0.717) is 22.5 Å². The molecule has 0 spiro atoms. The average Bonchev–Trinajstić information content (AvgIpc) is 3.11. The summed E-state index contributed by atoms with van der Waals surface area (Å²) in [4.78, 5) is 18.5. The van der Waals surface area contributed by atoms with Gasteiger partial charge in [0.15, 0.2) is 0 Å². The van der Waals surface area contributed by atoms with Crippen molar-refractivity contribution in [3.8, 4) is 0 Å². The van der Waals surface area contributed by atoms with Crippen molar-refractivity contribution in [1.29, 1.82) is 0 Å². The van der Waals surface area contributed by atoms with E-state index in [2.05, 4.69) is 41.3 Å². The van der Waals surface area contributed by atoms with E-state index in [9.17, 15) is 4.79 Å². The first kappa shape index (κ1) is 19.0. The highest BCUT2D eigenvalue weighted by atomic mass is 35.5. The number of nitrogens with zero attached hydrogens (tertiary/aromatic N) is 1. The Bertz CT molecular complexity index is 986. The Morgan fingerprint density at radius 1 is 1.18 bits per heavy atom. The Balaban J connectivity index is 1.55. The normalized spacial score (nSPS) is 16.0. The summed E-state index contributed by atoms with van der Waals surface area (Å²) in [6.45, 7) is 6.80. The number of fused-ring (bicyclic) bond motifs is 1. The van der Waals surface area contributed by atoms with Gasteiger partial charge in [0.05, 0.1) is 10.6 Å². The maximum absolute atomic E-state index is 12.6. The SMILES string of the molecule is CC(C)N1CCC(c2c[nH]c3ccc(NC(=O)c4ccccc4Cl)cc23)CC1. The molecule has 28 heavy (non-hydrogen) atoms. The lowest BCUT2D eigenvalue weighted by molar-refractivity contribution is 0.102. The summed E-state index contributed by atoms with van der Waals surface area (Å²) in [5.41, 5.74) is 3.74. The molecular weight excluding hydrogens is 370 g/mol. The summed E-state index contributed by atoms with van der Waals surface area (Å²) in [6, 6.07) is 13.7. The van der Waals surface area contributed by atoms with Crippen LogP contribution in [-0.2, 0) is 0 Å². The average molecular weight is 396 g/mol. The van der Waals surface area contributed by atoms with E-state index in [1.165, 1.54) is 23.8 Å². The Morgan fingerprint density at radius 2 is 1.93 bits per heavy atom. The molecule has 4 rings (SSSR count). The van der Waals surface area contributed by atoms with Gasteiger partial charge in [-0.15, -0.1) is 0 Å². The van der Waals surface area contributed by atoms with Crippen molar-refractivity contribution in [3.63, 3.8) is 0 Å². The molecule has 2 heterocycles. The first-order valence-electron chi connectivity index (χ1n) is 9.94. The van der Waals surface area contributed by atoms with E-state index in [4.69, 9.17) is 11.6 Å². The van der Waals surface area contributed by atoms with Gasteiger partial charge in [-0.1, -0.05) is 23.7 Å². The van der Waals surface area contributed by atoms with E-state index in [0.717, 1.165) is 24.3 Å². The second-order valence-corrected chi connectivity index (χ2v) is 8.25. The van der Waals surface area contributed by atoms with Crippen LogP contribution in [0, 0.1) is 0 Å². The number of halogens is 1. The van der Waals surface area contributed by atoms with Crippen molar-refractivity contribution >= 4 is 34.1 Å². The number of carbonyl (C=O) groups excluding carboxylic acids is 1. The quantitative estimate of drug-likeness (QED) is 0.598. The topological polar surface area (TPSA) is 48.1 Å². The number of carbonyl (C=O) groups is 1. The maximum Gasteiger partial charge on any atom is 0.257 e. The lowest BCUT2D eigenvalue weighted by Gasteiger charge is -2.34. The predicted molar refractivity (Wildman–Crippen MR) is 116 cm³/mol. The molecule has 2 aromatic carbocycles. The zero-order valence-electron chi connectivity index (χ0n) is 16.3. The van der Waals surface area contributed by atoms with Gasteiger partial charge < -0.3 is 15.2 Å². The highest BCUT2D eigenvalue weighted by Crippen LogP contribution is 2.34. The zero-order chi connectivity index (χ0) is 19.7. The van der Waals surface area contributed by atoms with Crippen molar-refractivity contribution in [3.05, 3.63) is 64.8 Å². The molecule has 1 amide bonds. The van der Waals surface area contributed by atoms with Crippen LogP contribution in [0.4, 0.5) is 5.69 Å². The fraction of sp³-hybridized carbons (Fsp3) is 0.348. The van der Waals surface area contributed by atoms with Gasteiger partial charge >= 0.3 is 0 Å². The molecule has 0 atom stereocenters. The third kappa shape index (κ3) is 3.80. The van der Waals surface area contributed by atoms with Gasteiger partial charge in [-0.2, -0.15) is 0 Å². The molecule has 1 fully saturated rings. The Labute approximate surface area is 170 Å². The lowest BCUT2D eigenvalue weighted by Crippen LogP contribution is -2.37. The van der Waals surface area contributed by atoms with E-state index in [1.807, 2.05) is 24.3 Å². The number of aromatic nitrogens is 1. The first-order valence-corrected chi connectivity index (χ1v) is 10.3. The highest BCUT2D eigenvalue weighted by Gasteiger charge is 2.24. The van der Waals surface area contributed by atoms with Crippen LogP contribution < -0.4 is 5.32 Å². The van der Waals surface area contributed by atoms with Gasteiger partial charge in [-0.05, 0) is 81.6 Å². The molecule has 1 aliphatic rings. The Morgan fingerprint density at radius 3 is 2.64 bits per heavy atom. The minimum atomic E-state index is -0.188. The number of piperidine rings is 1. The summed E-state index contributed by atoms with van der Waals surface area (Å²) in [6.07, 6.45) is 4.47. The van der Waals surface area contributed by atoms with Crippen LogP contribution in [0.2, 0.25) is 5.02 Å². The summed E-state index contributed by atoms with van der Waals surface area (Å²) in [5.74, 6) is 0.366. The van der Waals surface area contributed by atoms with Crippen LogP contribution in [0.1, 0.15) is 48.5 Å². The highest BCUT2D eigenvalue weighted by molar-refractivity contribution is 6.34. The van der Waals surface area contributed by atoms with Gasteiger partial charge in [-0.25, -0.2) is 0 Å². The van der Waals surface area contributed by atoms with Crippen LogP contribution >= 0.6 is 11.6 Å². The largest absolute Gasteiger partial charge is 0.361 e. The summed E-state index contributed by atoms with van der Waals surface area (Å²) < 4.78 is 0. The summed E-state index contributed by atoms with van der Waals surface area (Å²) >= 11 is 6.15. The number of benzene rings is 2. The molecule has 4 nitrogen and oxygen atoms in total. The standard InChI is InChI=1S/C23H26ClN3O/c1-15(2)27-11-9-16(10-12-27)20-14-25-22-8-7-17(13-19(20)22)26-23(28)18-5-3-4-6-21(18)24/h3-8,13-16,25H,9-12H2,1-2H3,(H,26,28). The van der Waals surface area contributed by atoms with Crippen LogP contribution in [0.5, 0.6) is 0 Å². The lowest BCUT2D eigenvalue weighted by atomic mass is 9.88. The van der Waals surface area contributed by atoms with Gasteiger partial charge in [0.25, 0.3) is 5.91 Å². The van der Waals surface area contributed by atoms with Crippen LogP contribution in [-0.4, -0.2) is 34.9 Å². The third-order valence-electron chi connectivity index (χ3n) is 5.79. The van der Waals surface area contributed by atoms with Crippen LogP contribution in [0.15, 0.2) is 48.7 Å². The molecular formula is C23H26ClN3O. The molecule has 0 unspecified atom stereocenters. The molecule has 0 aliphatic carbocycles. The first-order chi connectivity index (χ1) is 13.5. The van der Waals surface area contributed by atoms with Gasteiger partial charge in [0, 0.05) is 28.8 Å². The Kier molecular flexibility index (Phi) is 5.42. The van der Waals surface area contributed by atoms with Crippen molar-refractivity contribution in [1.82, 2.24) is 9.88 Å². The third-order valence-corrected chi connectivity index (χ3v) is 6.12. The molecule has 146 valence electrons. The van der Waals surface area contributed by atoms with Gasteiger partial charge in [-0.3, -0.25) is 4.79 Å². The molecule has 2 N–H and O–H groups in total. The fourth-order valence-corrected chi connectivity index (χ4v) is 4.35. The smallest absolute Gasteiger partial charge is 0.257 e. The van der Waals surface area contributed by atoms with Crippen LogP contribution in [0.3, 0.4) is 0 Å². The van der Waals surface area contributed by atoms with E-state index >= 15 is 0 Å². The molecule has 1 aliphatic heterocycles. The number of anilines is 1. The second kappa shape index (κ2) is 7.98. The molecule has 5 heteroatoms. The number of rotatable bonds is 4. The number of aromatic amines is 1. The van der Waals surface area contributed by atoms with E-state index in [1.54, 1.807) is 12.1 Å². The number of amides is 1. The van der Waals surface area contributed by atoms with E-state index in [-0.39, 0.29) is 5.91 Å². The number of nitrogens with one attached hydrogen (secondary N) is 2.